The van der Waals surface area contributed by atoms with Crippen LogP contribution in [0.2, 0.25) is 0 Å². The zero-order valence-corrected chi connectivity index (χ0v) is 13.2. The SMILES string of the molecule is O=S(=O)(CCc1ccccc1)N1CCC[C@@H]1c1ccncc1. The van der Waals surface area contributed by atoms with Crippen molar-refractivity contribution in [2.45, 2.75) is 25.3 Å². The Morgan fingerprint density at radius 1 is 1.09 bits per heavy atom. The maximum Gasteiger partial charge on any atom is 0.214 e. The minimum Gasteiger partial charge on any atom is -0.265 e. The van der Waals surface area contributed by atoms with E-state index in [0.29, 0.717) is 13.0 Å². The van der Waals surface area contributed by atoms with Crippen molar-refractivity contribution < 1.29 is 8.42 Å². The molecule has 0 bridgehead atoms. The average molecular weight is 316 g/mol. The van der Waals surface area contributed by atoms with E-state index in [1.165, 1.54) is 0 Å². The summed E-state index contributed by atoms with van der Waals surface area (Å²) in [6, 6.07) is 13.6. The van der Waals surface area contributed by atoms with Crippen LogP contribution in [0.15, 0.2) is 54.9 Å². The van der Waals surface area contributed by atoms with Crippen LogP contribution in [-0.4, -0.2) is 30.0 Å². The Hall–Kier alpha value is -1.72. The van der Waals surface area contributed by atoms with Gasteiger partial charge in [-0.25, -0.2) is 8.42 Å². The summed E-state index contributed by atoms with van der Waals surface area (Å²) in [5.41, 5.74) is 2.10. The second kappa shape index (κ2) is 6.58. The summed E-state index contributed by atoms with van der Waals surface area (Å²) < 4.78 is 27.1. The third-order valence-electron chi connectivity index (χ3n) is 4.14. The van der Waals surface area contributed by atoms with Crippen molar-refractivity contribution in [1.29, 1.82) is 0 Å². The number of aromatic nitrogens is 1. The van der Waals surface area contributed by atoms with Crippen molar-refractivity contribution in [2.75, 3.05) is 12.3 Å². The van der Waals surface area contributed by atoms with Crippen LogP contribution in [-0.2, 0) is 16.4 Å². The summed E-state index contributed by atoms with van der Waals surface area (Å²) >= 11 is 0. The van der Waals surface area contributed by atoms with Gasteiger partial charge >= 0.3 is 0 Å². The van der Waals surface area contributed by atoms with Crippen LogP contribution < -0.4 is 0 Å². The van der Waals surface area contributed by atoms with Crippen molar-refractivity contribution in [3.05, 3.63) is 66.0 Å². The second-order valence-electron chi connectivity index (χ2n) is 5.60. The molecule has 2 heterocycles. The molecule has 1 aromatic heterocycles. The summed E-state index contributed by atoms with van der Waals surface area (Å²) in [6.45, 7) is 0.615. The molecule has 116 valence electrons. The van der Waals surface area contributed by atoms with E-state index in [1.807, 2.05) is 42.5 Å². The first-order valence-corrected chi connectivity index (χ1v) is 9.21. The zero-order valence-electron chi connectivity index (χ0n) is 12.4. The number of hydrogen-bond donors (Lipinski definition) is 0. The molecule has 1 atom stereocenters. The molecule has 1 aliphatic heterocycles. The molecule has 22 heavy (non-hydrogen) atoms. The minimum atomic E-state index is -3.24. The largest absolute Gasteiger partial charge is 0.265 e. The Bertz CT molecular complexity index is 702. The van der Waals surface area contributed by atoms with Crippen molar-refractivity contribution in [1.82, 2.24) is 9.29 Å². The first kappa shape index (κ1) is 15.2. The third-order valence-corrected chi connectivity index (χ3v) is 6.02. The van der Waals surface area contributed by atoms with E-state index in [1.54, 1.807) is 16.7 Å². The fraction of sp³-hybridized carbons (Fsp3) is 0.353. The Kier molecular flexibility index (Phi) is 4.55. The summed E-state index contributed by atoms with van der Waals surface area (Å²) in [4.78, 5) is 4.01. The average Bonchev–Trinajstić information content (AvgIpc) is 3.06. The van der Waals surface area contributed by atoms with Gasteiger partial charge in [0, 0.05) is 25.0 Å². The van der Waals surface area contributed by atoms with Crippen molar-refractivity contribution in [3.63, 3.8) is 0 Å². The Morgan fingerprint density at radius 2 is 1.82 bits per heavy atom. The molecule has 1 aliphatic rings. The molecule has 0 aliphatic carbocycles. The molecule has 0 amide bonds. The lowest BCUT2D eigenvalue weighted by Crippen LogP contribution is -2.33. The minimum absolute atomic E-state index is 0.0382. The molecular weight excluding hydrogens is 296 g/mol. The van der Waals surface area contributed by atoms with Gasteiger partial charge in [-0.1, -0.05) is 30.3 Å². The highest BCUT2D eigenvalue weighted by molar-refractivity contribution is 7.89. The van der Waals surface area contributed by atoms with Gasteiger partial charge in [-0.2, -0.15) is 4.31 Å². The van der Waals surface area contributed by atoms with Crippen LogP contribution in [0.3, 0.4) is 0 Å². The van der Waals surface area contributed by atoms with Crippen molar-refractivity contribution in [3.8, 4) is 0 Å². The van der Waals surface area contributed by atoms with Gasteiger partial charge in [0.2, 0.25) is 10.0 Å². The topological polar surface area (TPSA) is 50.3 Å². The Labute approximate surface area is 131 Å². The second-order valence-corrected chi connectivity index (χ2v) is 7.64. The van der Waals surface area contributed by atoms with E-state index < -0.39 is 10.0 Å². The fourth-order valence-corrected chi connectivity index (χ4v) is 4.75. The zero-order chi connectivity index (χ0) is 15.4. The Balaban J connectivity index is 1.73. The summed E-state index contributed by atoms with van der Waals surface area (Å²) in [5, 5.41) is 0. The lowest BCUT2D eigenvalue weighted by atomic mass is 10.1. The fourth-order valence-electron chi connectivity index (χ4n) is 3.00. The molecule has 0 unspecified atom stereocenters. The van der Waals surface area contributed by atoms with Gasteiger partial charge in [0.05, 0.1) is 5.75 Å². The van der Waals surface area contributed by atoms with E-state index in [2.05, 4.69) is 4.98 Å². The van der Waals surface area contributed by atoms with Gasteiger partial charge in [-0.3, -0.25) is 4.98 Å². The lowest BCUT2D eigenvalue weighted by Gasteiger charge is -2.24. The number of nitrogens with zero attached hydrogens (tertiary/aromatic N) is 2. The normalized spacial score (nSPS) is 19.4. The number of benzene rings is 1. The quantitative estimate of drug-likeness (QED) is 0.852. The number of hydrogen-bond acceptors (Lipinski definition) is 3. The summed E-state index contributed by atoms with van der Waals surface area (Å²) in [6.07, 6.45) is 5.81. The number of rotatable bonds is 5. The third kappa shape index (κ3) is 3.36. The van der Waals surface area contributed by atoms with Gasteiger partial charge in [0.1, 0.15) is 0 Å². The molecule has 1 fully saturated rings. The van der Waals surface area contributed by atoms with Crippen molar-refractivity contribution >= 4 is 10.0 Å². The van der Waals surface area contributed by atoms with E-state index in [9.17, 15) is 8.42 Å². The van der Waals surface area contributed by atoms with Gasteiger partial charge in [-0.05, 0) is 42.5 Å². The predicted octanol–water partition coefficient (Wildman–Crippen LogP) is 2.79. The maximum absolute atomic E-state index is 12.7. The van der Waals surface area contributed by atoms with Crippen molar-refractivity contribution in [2.24, 2.45) is 0 Å². The van der Waals surface area contributed by atoms with Crippen LogP contribution >= 0.6 is 0 Å². The lowest BCUT2D eigenvalue weighted by molar-refractivity contribution is 0.396. The molecule has 3 rings (SSSR count). The Morgan fingerprint density at radius 3 is 2.55 bits per heavy atom. The molecule has 1 aromatic carbocycles. The van der Waals surface area contributed by atoms with E-state index in [-0.39, 0.29) is 11.8 Å². The van der Waals surface area contributed by atoms with Gasteiger partial charge in [-0.15, -0.1) is 0 Å². The van der Waals surface area contributed by atoms with Crippen LogP contribution in [0.5, 0.6) is 0 Å². The van der Waals surface area contributed by atoms with Crippen LogP contribution in [0.1, 0.15) is 30.0 Å². The number of aryl methyl sites for hydroxylation is 1. The molecule has 0 radical (unpaired) electrons. The van der Waals surface area contributed by atoms with Crippen LogP contribution in [0.25, 0.3) is 0 Å². The molecule has 4 nitrogen and oxygen atoms in total. The molecule has 1 saturated heterocycles. The molecule has 0 N–H and O–H groups in total. The van der Waals surface area contributed by atoms with Gasteiger partial charge in [0.15, 0.2) is 0 Å². The summed E-state index contributed by atoms with van der Waals surface area (Å²) in [5.74, 6) is 0.165. The van der Waals surface area contributed by atoms with Gasteiger partial charge < -0.3 is 0 Å². The predicted molar refractivity (Wildman–Crippen MR) is 86.9 cm³/mol. The van der Waals surface area contributed by atoms with E-state index >= 15 is 0 Å². The van der Waals surface area contributed by atoms with Crippen LogP contribution in [0, 0.1) is 0 Å². The number of sulfonamides is 1. The highest BCUT2D eigenvalue weighted by atomic mass is 32.2. The van der Waals surface area contributed by atoms with E-state index in [4.69, 9.17) is 0 Å². The maximum atomic E-state index is 12.7. The highest BCUT2D eigenvalue weighted by Crippen LogP contribution is 2.34. The summed E-state index contributed by atoms with van der Waals surface area (Å²) in [7, 11) is -3.24. The first-order chi connectivity index (χ1) is 10.7. The van der Waals surface area contributed by atoms with Crippen LogP contribution in [0.4, 0.5) is 0 Å². The molecule has 5 heteroatoms. The molecule has 0 spiro atoms. The molecular formula is C17H20N2O2S. The van der Waals surface area contributed by atoms with E-state index in [0.717, 1.165) is 24.0 Å². The monoisotopic (exact) mass is 316 g/mol. The molecule has 0 saturated carbocycles. The highest BCUT2D eigenvalue weighted by Gasteiger charge is 2.34. The number of pyridine rings is 1. The smallest absolute Gasteiger partial charge is 0.214 e. The van der Waals surface area contributed by atoms with Gasteiger partial charge in [0.25, 0.3) is 0 Å². The standard InChI is InChI=1S/C17H20N2O2S/c20-22(21,14-10-15-5-2-1-3-6-15)19-13-4-7-17(19)16-8-11-18-12-9-16/h1-3,5-6,8-9,11-12,17H,4,7,10,13-14H2/t17-/m1/s1. The molecule has 2 aromatic rings. The first-order valence-electron chi connectivity index (χ1n) is 7.60.